The molecule has 0 aromatic carbocycles. The van der Waals surface area contributed by atoms with E-state index < -0.39 is 10.3 Å². The second kappa shape index (κ2) is 4.70. The Hall–Kier alpha value is -1.12. The van der Waals surface area contributed by atoms with Gasteiger partial charge < -0.3 is 12.4 Å². The maximum absolute atomic E-state index is 10.3. The monoisotopic (exact) mass is 204 g/mol. The van der Waals surface area contributed by atoms with Gasteiger partial charge in [0.2, 0.25) is 15.7 Å². The van der Waals surface area contributed by atoms with Gasteiger partial charge in [-0.05, 0) is 6.08 Å². The summed E-state index contributed by atoms with van der Waals surface area (Å²) in [6.07, 6.45) is 4.68. The Bertz CT molecular complexity index is 392. The number of diazo groups is 1. The van der Waals surface area contributed by atoms with Crippen molar-refractivity contribution >= 4 is 15.2 Å². The summed E-state index contributed by atoms with van der Waals surface area (Å²) in [4.78, 5) is 3.20. The molecule has 0 fully saturated rings. The third-order valence-electron chi connectivity index (χ3n) is 1.28. The van der Waals surface area contributed by atoms with Gasteiger partial charge in [-0.15, -0.1) is 0 Å². The van der Waals surface area contributed by atoms with Gasteiger partial charge in [0.1, 0.15) is 0 Å². The fraction of sp³-hybridized carbons (Fsp3) is 0.167. The summed E-state index contributed by atoms with van der Waals surface area (Å²) in [6.45, 7) is 0. The summed E-state index contributed by atoms with van der Waals surface area (Å²) in [5, 5.41) is 8.26. The van der Waals surface area contributed by atoms with Crippen LogP contribution in [-0.2, 0) is 10.3 Å². The smallest absolute Gasteiger partial charge is 0.381 e. The molecule has 0 unspecified atom stereocenters. The van der Waals surface area contributed by atoms with Crippen molar-refractivity contribution in [1.29, 1.82) is 5.39 Å². The Labute approximate surface area is 77.2 Å². The van der Waals surface area contributed by atoms with Gasteiger partial charge in [-0.2, -0.15) is 8.42 Å². The van der Waals surface area contributed by atoms with Gasteiger partial charge in [0.25, 0.3) is 0 Å². The number of nitrogens with zero attached hydrogens (tertiary/aromatic N) is 2. The van der Waals surface area contributed by atoms with Crippen molar-refractivity contribution in [2.45, 2.75) is 6.42 Å². The minimum absolute atomic E-state index is 0. The first-order valence-electron chi connectivity index (χ1n) is 2.92. The highest BCUT2D eigenvalue weighted by molar-refractivity contribution is 7.73. The van der Waals surface area contributed by atoms with Crippen LogP contribution in [0.4, 0.5) is 0 Å². The van der Waals surface area contributed by atoms with Crippen LogP contribution in [0.2, 0.25) is 0 Å². The molecule has 0 saturated carbocycles. The Balaban J connectivity index is 0.00000121. The van der Waals surface area contributed by atoms with Gasteiger partial charge in [-0.3, -0.25) is 0 Å². The molecule has 0 saturated heterocycles. The summed E-state index contributed by atoms with van der Waals surface area (Å²) in [7, 11) is -2.16. The quantitative estimate of drug-likeness (QED) is 0.331. The van der Waals surface area contributed by atoms with E-state index in [1.807, 2.05) is 0 Å². The van der Waals surface area contributed by atoms with Crippen molar-refractivity contribution < 1.29 is 20.8 Å². The summed E-state index contributed by atoms with van der Waals surface area (Å²) < 4.78 is 20.7. The highest BCUT2D eigenvalue weighted by Gasteiger charge is 2.11. The maximum Gasteiger partial charge on any atom is 0.381 e. The molecule has 4 nitrogen and oxygen atoms in total. The molecule has 1 aliphatic rings. The lowest BCUT2D eigenvalue weighted by atomic mass is 10.1. The summed E-state index contributed by atoms with van der Waals surface area (Å²) in [5.74, 6) is 0. The SMILES string of the molecule is N#[N+]C1=CCC(=S(=O)=O)C=C1.[Cl-]. The molecular formula is C6H5ClN2O2S. The summed E-state index contributed by atoms with van der Waals surface area (Å²) in [5.41, 5.74) is 0.388. The number of hydrogen-bond donors (Lipinski definition) is 0. The maximum atomic E-state index is 10.3. The predicted molar refractivity (Wildman–Crippen MR) is 40.9 cm³/mol. The third kappa shape index (κ3) is 2.49. The van der Waals surface area contributed by atoms with Crippen LogP contribution in [-0.4, -0.2) is 13.3 Å². The van der Waals surface area contributed by atoms with E-state index in [0.29, 0.717) is 17.0 Å². The normalized spacial score (nSPS) is 14.2. The second-order valence-corrected chi connectivity index (χ2v) is 2.96. The van der Waals surface area contributed by atoms with E-state index >= 15 is 0 Å². The molecule has 1 aliphatic carbocycles. The number of rotatable bonds is 0. The first kappa shape index (κ1) is 10.9. The van der Waals surface area contributed by atoms with Crippen molar-refractivity contribution in [3.63, 3.8) is 0 Å². The van der Waals surface area contributed by atoms with E-state index in [0.717, 1.165) is 0 Å². The van der Waals surface area contributed by atoms with Crippen LogP contribution in [0.25, 0.3) is 4.98 Å². The number of halogens is 1. The fourth-order valence-electron chi connectivity index (χ4n) is 0.717. The Morgan fingerprint density at radius 2 is 2.08 bits per heavy atom. The zero-order valence-electron chi connectivity index (χ0n) is 5.94. The van der Waals surface area contributed by atoms with Crippen molar-refractivity contribution in [3.05, 3.63) is 28.9 Å². The van der Waals surface area contributed by atoms with E-state index in [9.17, 15) is 8.42 Å². The van der Waals surface area contributed by atoms with Gasteiger partial charge in [-0.25, -0.2) is 0 Å². The minimum Gasteiger partial charge on any atom is -1.00 e. The highest BCUT2D eigenvalue weighted by atomic mass is 35.5. The Morgan fingerprint density at radius 1 is 1.42 bits per heavy atom. The van der Waals surface area contributed by atoms with Crippen molar-refractivity contribution in [3.8, 4) is 0 Å². The van der Waals surface area contributed by atoms with Crippen LogP contribution in [0.1, 0.15) is 6.42 Å². The fourth-order valence-corrected chi connectivity index (χ4v) is 1.12. The average molecular weight is 205 g/mol. The van der Waals surface area contributed by atoms with Crippen LogP contribution in [0.5, 0.6) is 0 Å². The van der Waals surface area contributed by atoms with Crippen LogP contribution in [0.3, 0.4) is 0 Å². The van der Waals surface area contributed by atoms with Crippen molar-refractivity contribution in [2.24, 2.45) is 0 Å². The molecule has 6 heteroatoms. The first-order chi connectivity index (χ1) is 5.24. The lowest BCUT2D eigenvalue weighted by Gasteiger charge is -1.90. The summed E-state index contributed by atoms with van der Waals surface area (Å²) >= 11 is 0. The van der Waals surface area contributed by atoms with Crippen LogP contribution < -0.4 is 12.4 Å². The predicted octanol–water partition coefficient (Wildman–Crippen LogP) is -2.26. The van der Waals surface area contributed by atoms with E-state index in [4.69, 9.17) is 5.39 Å². The van der Waals surface area contributed by atoms with E-state index in [1.54, 1.807) is 0 Å². The number of hydrogen-bond acceptors (Lipinski definition) is 3. The third-order valence-corrected chi connectivity index (χ3v) is 2.01. The molecular weight excluding hydrogens is 200 g/mol. The van der Waals surface area contributed by atoms with Crippen LogP contribution in [0, 0.1) is 5.39 Å². The molecule has 1 rings (SSSR count). The zero-order chi connectivity index (χ0) is 8.27. The topological polar surface area (TPSA) is 62.3 Å². The second-order valence-electron chi connectivity index (χ2n) is 1.97. The zero-order valence-corrected chi connectivity index (χ0v) is 7.51. The number of allylic oxidation sites excluding steroid dienone is 3. The van der Waals surface area contributed by atoms with Gasteiger partial charge in [0.05, 0.1) is 4.86 Å². The molecule has 0 atom stereocenters. The molecule has 0 aliphatic heterocycles. The molecule has 64 valence electrons. The first-order valence-corrected chi connectivity index (χ1v) is 4.00. The summed E-state index contributed by atoms with van der Waals surface area (Å²) in [6, 6.07) is 0. The Morgan fingerprint density at radius 3 is 2.42 bits per heavy atom. The highest BCUT2D eigenvalue weighted by Crippen LogP contribution is 2.07. The Kier molecular flexibility index (Phi) is 4.26. The van der Waals surface area contributed by atoms with Crippen molar-refractivity contribution in [1.82, 2.24) is 0 Å². The van der Waals surface area contributed by atoms with Gasteiger partial charge >= 0.3 is 5.70 Å². The van der Waals surface area contributed by atoms with E-state index in [-0.39, 0.29) is 12.4 Å². The molecule has 0 spiro atoms. The molecule has 0 heterocycles. The van der Waals surface area contributed by atoms with Gasteiger partial charge in [0, 0.05) is 18.6 Å². The minimum atomic E-state index is -2.16. The lowest BCUT2D eigenvalue weighted by molar-refractivity contribution is -0.00000450. The lowest BCUT2D eigenvalue weighted by Crippen LogP contribution is -3.00. The molecule has 0 bridgehead atoms. The molecule has 0 radical (unpaired) electrons. The molecule has 0 amide bonds. The van der Waals surface area contributed by atoms with Crippen molar-refractivity contribution in [2.75, 3.05) is 0 Å². The average Bonchev–Trinajstić information content (AvgIpc) is 2.05. The molecule has 0 N–H and O–H groups in total. The largest absolute Gasteiger partial charge is 1.00 e. The van der Waals surface area contributed by atoms with Gasteiger partial charge in [-0.1, -0.05) is 0 Å². The van der Waals surface area contributed by atoms with Crippen LogP contribution in [0.15, 0.2) is 23.9 Å². The van der Waals surface area contributed by atoms with E-state index in [1.165, 1.54) is 18.2 Å². The standard InChI is InChI=1S/C6H5N2O2S.ClH/c7-8-5-1-3-6(4-2-5)11(9)10;/h1-3H,4H2;1H/q+1;/p-1. The molecule has 0 aromatic rings. The molecule has 0 aromatic heterocycles. The van der Waals surface area contributed by atoms with Crippen LogP contribution >= 0.6 is 0 Å². The van der Waals surface area contributed by atoms with E-state index in [2.05, 4.69) is 4.98 Å². The van der Waals surface area contributed by atoms with Gasteiger partial charge in [0.15, 0.2) is 4.98 Å². The molecule has 12 heavy (non-hydrogen) atoms.